The van der Waals surface area contributed by atoms with Gasteiger partial charge in [0.15, 0.2) is 0 Å². The van der Waals surface area contributed by atoms with Crippen LogP contribution in [0.15, 0.2) is 71.4 Å². The Morgan fingerprint density at radius 2 is 1.77 bits per heavy atom. The predicted molar refractivity (Wildman–Crippen MR) is 122 cm³/mol. The van der Waals surface area contributed by atoms with Gasteiger partial charge in [-0.3, -0.25) is 4.79 Å². The topological polar surface area (TPSA) is 41.6 Å². The van der Waals surface area contributed by atoms with Crippen molar-refractivity contribution in [2.45, 2.75) is 31.9 Å². The third-order valence-electron chi connectivity index (χ3n) is 5.55. The van der Waals surface area contributed by atoms with E-state index < -0.39 is 0 Å². The summed E-state index contributed by atoms with van der Waals surface area (Å²) >= 11 is 1.64. The minimum Gasteiger partial charge on any atom is -0.490 e. The first kappa shape index (κ1) is 20.6. The van der Waals surface area contributed by atoms with E-state index in [-0.39, 0.29) is 12.0 Å². The Balaban J connectivity index is 1.19. The lowest BCUT2D eigenvalue weighted by Crippen LogP contribution is -2.39. The molecule has 1 saturated heterocycles. The minimum absolute atomic E-state index is 0.0560. The normalized spacial score (nSPS) is 15.1. The smallest absolute Gasteiger partial charge is 0.251 e. The van der Waals surface area contributed by atoms with Gasteiger partial charge in [0, 0.05) is 31.7 Å². The molecule has 2 aromatic carbocycles. The van der Waals surface area contributed by atoms with Crippen molar-refractivity contribution >= 4 is 17.2 Å². The molecule has 4 nitrogen and oxygen atoms in total. The monoisotopic (exact) mass is 420 g/mol. The van der Waals surface area contributed by atoms with Crippen LogP contribution >= 0.6 is 11.3 Å². The van der Waals surface area contributed by atoms with E-state index in [9.17, 15) is 4.79 Å². The molecule has 2 heterocycles. The Labute approximate surface area is 182 Å². The second-order valence-corrected chi connectivity index (χ2v) is 8.51. The van der Waals surface area contributed by atoms with Gasteiger partial charge >= 0.3 is 0 Å². The van der Waals surface area contributed by atoms with Gasteiger partial charge in [-0.25, -0.2) is 0 Å². The maximum Gasteiger partial charge on any atom is 0.251 e. The molecule has 156 valence electrons. The highest BCUT2D eigenvalue weighted by atomic mass is 32.1. The summed E-state index contributed by atoms with van der Waals surface area (Å²) in [5, 5.41) is 7.01. The molecular formula is C25H28N2O2S. The summed E-state index contributed by atoms with van der Waals surface area (Å²) in [6.45, 7) is 3.80. The molecule has 0 radical (unpaired) electrons. The van der Waals surface area contributed by atoms with E-state index in [0.717, 1.165) is 50.2 Å². The molecule has 1 fully saturated rings. The van der Waals surface area contributed by atoms with E-state index >= 15 is 0 Å². The zero-order valence-corrected chi connectivity index (χ0v) is 17.9. The number of likely N-dealkylation sites (tertiary alicyclic amines) is 1. The Bertz CT molecular complexity index is 902. The van der Waals surface area contributed by atoms with Crippen molar-refractivity contribution < 1.29 is 9.53 Å². The number of ether oxygens (including phenoxy) is 1. The van der Waals surface area contributed by atoms with Crippen molar-refractivity contribution in [2.75, 3.05) is 19.6 Å². The summed E-state index contributed by atoms with van der Waals surface area (Å²) in [4.78, 5) is 14.8. The first-order chi connectivity index (χ1) is 14.8. The highest BCUT2D eigenvalue weighted by Gasteiger charge is 2.20. The predicted octanol–water partition coefficient (Wildman–Crippen LogP) is 4.76. The van der Waals surface area contributed by atoms with Gasteiger partial charge < -0.3 is 15.0 Å². The van der Waals surface area contributed by atoms with Gasteiger partial charge in [0.25, 0.3) is 5.91 Å². The number of benzene rings is 2. The van der Waals surface area contributed by atoms with E-state index in [0.29, 0.717) is 12.1 Å². The van der Waals surface area contributed by atoms with Crippen LogP contribution in [0.2, 0.25) is 0 Å². The highest BCUT2D eigenvalue weighted by Crippen LogP contribution is 2.20. The first-order valence-electron chi connectivity index (χ1n) is 10.6. The van der Waals surface area contributed by atoms with Gasteiger partial charge in [-0.2, -0.15) is 11.3 Å². The van der Waals surface area contributed by atoms with Crippen LogP contribution in [0.25, 0.3) is 0 Å². The molecule has 0 atom stereocenters. The zero-order valence-electron chi connectivity index (χ0n) is 17.1. The van der Waals surface area contributed by atoms with Crippen molar-refractivity contribution in [1.82, 2.24) is 10.2 Å². The molecule has 0 aliphatic carbocycles. The van der Waals surface area contributed by atoms with Gasteiger partial charge in [0.05, 0.1) is 0 Å². The number of nitrogens with one attached hydrogen (secondary N) is 1. The third kappa shape index (κ3) is 5.94. The van der Waals surface area contributed by atoms with Crippen molar-refractivity contribution in [3.8, 4) is 5.75 Å². The van der Waals surface area contributed by atoms with Gasteiger partial charge in [0.2, 0.25) is 0 Å². The van der Waals surface area contributed by atoms with Crippen LogP contribution in [0.3, 0.4) is 0 Å². The molecule has 1 N–H and O–H groups in total. The number of thiophene rings is 1. The summed E-state index contributed by atoms with van der Waals surface area (Å²) in [6, 6.07) is 20.2. The van der Waals surface area contributed by atoms with E-state index in [2.05, 4.69) is 40.5 Å². The minimum atomic E-state index is -0.0560. The quantitative estimate of drug-likeness (QED) is 0.571. The van der Waals surface area contributed by atoms with Crippen LogP contribution in [0.4, 0.5) is 0 Å². The molecule has 3 aromatic rings. The molecule has 4 rings (SSSR count). The Morgan fingerprint density at radius 1 is 1.00 bits per heavy atom. The number of carbonyl (C=O) groups excluding carboxylic acids is 1. The average molecular weight is 421 g/mol. The van der Waals surface area contributed by atoms with E-state index in [4.69, 9.17) is 4.74 Å². The Morgan fingerprint density at radius 3 is 2.47 bits per heavy atom. The lowest BCUT2D eigenvalue weighted by Gasteiger charge is -2.32. The Kier molecular flexibility index (Phi) is 7.16. The number of nitrogens with zero attached hydrogens (tertiary/aromatic N) is 1. The van der Waals surface area contributed by atoms with Crippen molar-refractivity contribution in [3.63, 3.8) is 0 Å². The van der Waals surface area contributed by atoms with Gasteiger partial charge in [0.1, 0.15) is 11.9 Å². The standard InChI is InChI=1S/C25H28N2O2S/c28-25(26-18-21-13-17-30-19-21)22-6-8-23(9-7-22)29-24-11-15-27(16-12-24)14-10-20-4-2-1-3-5-20/h1-9,13,17,19,24H,10-12,14-16,18H2,(H,26,28). The summed E-state index contributed by atoms with van der Waals surface area (Å²) in [5.41, 5.74) is 3.19. The third-order valence-corrected chi connectivity index (χ3v) is 6.28. The van der Waals surface area contributed by atoms with Crippen molar-refractivity contribution in [3.05, 3.63) is 88.1 Å². The van der Waals surface area contributed by atoms with Gasteiger partial charge in [-0.1, -0.05) is 30.3 Å². The van der Waals surface area contributed by atoms with Crippen LogP contribution < -0.4 is 10.1 Å². The zero-order chi connectivity index (χ0) is 20.6. The van der Waals surface area contributed by atoms with Crippen molar-refractivity contribution in [2.24, 2.45) is 0 Å². The first-order valence-corrected chi connectivity index (χ1v) is 11.5. The molecule has 30 heavy (non-hydrogen) atoms. The molecule has 1 aliphatic rings. The lowest BCUT2D eigenvalue weighted by molar-refractivity contribution is 0.0950. The van der Waals surface area contributed by atoms with Crippen molar-refractivity contribution in [1.29, 1.82) is 0 Å². The highest BCUT2D eigenvalue weighted by molar-refractivity contribution is 7.07. The molecule has 0 spiro atoms. The van der Waals surface area contributed by atoms with Crippen LogP contribution in [0.1, 0.15) is 34.3 Å². The Hall–Kier alpha value is -2.63. The maximum absolute atomic E-state index is 12.3. The molecule has 0 bridgehead atoms. The molecule has 0 saturated carbocycles. The molecule has 5 heteroatoms. The molecule has 1 aliphatic heterocycles. The maximum atomic E-state index is 12.3. The summed E-state index contributed by atoms with van der Waals surface area (Å²) in [7, 11) is 0. The second-order valence-electron chi connectivity index (χ2n) is 7.73. The SMILES string of the molecule is O=C(NCc1ccsc1)c1ccc(OC2CCN(CCc3ccccc3)CC2)cc1. The second kappa shape index (κ2) is 10.4. The number of carbonyl (C=O) groups is 1. The van der Waals surface area contributed by atoms with Gasteiger partial charge in [-0.15, -0.1) is 0 Å². The fourth-order valence-corrected chi connectivity index (χ4v) is 4.41. The summed E-state index contributed by atoms with van der Waals surface area (Å²) < 4.78 is 6.16. The van der Waals surface area contributed by atoms with E-state index in [1.807, 2.05) is 41.1 Å². The number of amides is 1. The number of rotatable bonds is 8. The van der Waals surface area contributed by atoms with E-state index in [1.165, 1.54) is 5.56 Å². The lowest BCUT2D eigenvalue weighted by atomic mass is 10.1. The fourth-order valence-electron chi connectivity index (χ4n) is 3.74. The summed E-state index contributed by atoms with van der Waals surface area (Å²) in [5.74, 6) is 0.784. The van der Waals surface area contributed by atoms with Crippen LogP contribution in [-0.4, -0.2) is 36.5 Å². The number of hydrogen-bond donors (Lipinski definition) is 1. The van der Waals surface area contributed by atoms with Crippen LogP contribution in [-0.2, 0) is 13.0 Å². The van der Waals surface area contributed by atoms with E-state index in [1.54, 1.807) is 11.3 Å². The summed E-state index contributed by atoms with van der Waals surface area (Å²) in [6.07, 6.45) is 3.42. The van der Waals surface area contributed by atoms with Crippen LogP contribution in [0.5, 0.6) is 5.75 Å². The largest absolute Gasteiger partial charge is 0.490 e. The molecular weight excluding hydrogens is 392 g/mol. The van der Waals surface area contributed by atoms with Crippen LogP contribution in [0, 0.1) is 0 Å². The number of piperidine rings is 1. The fraction of sp³-hybridized carbons (Fsp3) is 0.320. The number of hydrogen-bond acceptors (Lipinski definition) is 4. The molecule has 1 amide bonds. The average Bonchev–Trinajstić information content (AvgIpc) is 3.32. The molecule has 1 aromatic heterocycles. The molecule has 0 unspecified atom stereocenters. The van der Waals surface area contributed by atoms with Gasteiger partial charge in [-0.05, 0) is 71.5 Å².